The average Bonchev–Trinajstić information content (AvgIpc) is 3.26. The molecule has 2 N–H and O–H groups in total. The number of nitrogens with one attached hydrogen (secondary N) is 2. The fraction of sp³-hybridized carbons (Fsp3) is 0.192. The summed E-state index contributed by atoms with van der Waals surface area (Å²) in [6, 6.07) is 25.4. The first-order chi connectivity index (χ1) is 16.6. The molecule has 0 unspecified atom stereocenters. The van der Waals surface area contributed by atoms with E-state index in [1.165, 1.54) is 17.3 Å². The number of anilines is 2. The summed E-state index contributed by atoms with van der Waals surface area (Å²) in [4.78, 5) is 12.5. The Hall–Kier alpha value is -3.78. The maximum absolute atomic E-state index is 12.5. The van der Waals surface area contributed by atoms with Gasteiger partial charge in [-0.15, -0.1) is 10.2 Å². The summed E-state index contributed by atoms with van der Waals surface area (Å²) in [5.74, 6) is 1.72. The minimum Gasteiger partial charge on any atom is -0.494 e. The van der Waals surface area contributed by atoms with Crippen LogP contribution in [0.15, 0.2) is 84.0 Å². The van der Waals surface area contributed by atoms with Crippen molar-refractivity contribution in [3.63, 3.8) is 0 Å². The molecule has 0 spiro atoms. The van der Waals surface area contributed by atoms with E-state index in [0.717, 1.165) is 28.6 Å². The van der Waals surface area contributed by atoms with Gasteiger partial charge in [0.1, 0.15) is 5.75 Å². The zero-order valence-corrected chi connectivity index (χ0v) is 20.0. The van der Waals surface area contributed by atoms with Crippen molar-refractivity contribution in [3.8, 4) is 11.4 Å². The lowest BCUT2D eigenvalue weighted by molar-refractivity contribution is -0.113. The molecule has 34 heavy (non-hydrogen) atoms. The minimum absolute atomic E-state index is 0.0938. The van der Waals surface area contributed by atoms with Gasteiger partial charge in [-0.05, 0) is 62.4 Å². The number of hydrogen-bond acceptors (Lipinski definition) is 6. The zero-order valence-electron chi connectivity index (χ0n) is 19.2. The number of amides is 1. The molecular formula is C26H27N5O2S. The summed E-state index contributed by atoms with van der Waals surface area (Å²) >= 11 is 1.36. The molecule has 1 heterocycles. The van der Waals surface area contributed by atoms with E-state index in [9.17, 15) is 4.79 Å². The molecule has 1 amide bonds. The van der Waals surface area contributed by atoms with Gasteiger partial charge in [-0.3, -0.25) is 9.36 Å². The van der Waals surface area contributed by atoms with Crippen LogP contribution in [0.4, 0.5) is 11.4 Å². The number of carbonyl (C=O) groups excluding carboxylic acids is 1. The predicted octanol–water partition coefficient (Wildman–Crippen LogP) is 5.32. The predicted molar refractivity (Wildman–Crippen MR) is 137 cm³/mol. The van der Waals surface area contributed by atoms with Crippen LogP contribution in [0.2, 0.25) is 0 Å². The van der Waals surface area contributed by atoms with Gasteiger partial charge >= 0.3 is 0 Å². The van der Waals surface area contributed by atoms with Gasteiger partial charge in [0.25, 0.3) is 0 Å². The average molecular weight is 474 g/mol. The fourth-order valence-corrected chi connectivity index (χ4v) is 4.10. The zero-order chi connectivity index (χ0) is 23.8. The van der Waals surface area contributed by atoms with Crippen molar-refractivity contribution in [3.05, 3.63) is 90.3 Å². The molecular weight excluding hydrogens is 446 g/mol. The van der Waals surface area contributed by atoms with E-state index in [0.29, 0.717) is 18.3 Å². The molecule has 0 saturated carbocycles. The minimum atomic E-state index is -0.0938. The molecule has 0 bridgehead atoms. The Morgan fingerprint density at radius 2 is 1.68 bits per heavy atom. The Labute approximate surface area is 203 Å². The number of thioether (sulfide) groups is 1. The van der Waals surface area contributed by atoms with Crippen LogP contribution in [0.5, 0.6) is 5.75 Å². The van der Waals surface area contributed by atoms with E-state index >= 15 is 0 Å². The molecule has 0 fully saturated rings. The summed E-state index contributed by atoms with van der Waals surface area (Å²) in [5.41, 5.74) is 3.85. The lowest BCUT2D eigenvalue weighted by atomic mass is 10.2. The normalized spacial score (nSPS) is 10.6. The smallest absolute Gasteiger partial charge is 0.234 e. The van der Waals surface area contributed by atoms with Crippen LogP contribution in [0.1, 0.15) is 18.3 Å². The first-order valence-electron chi connectivity index (χ1n) is 11.1. The molecule has 7 nitrogen and oxygen atoms in total. The van der Waals surface area contributed by atoms with Crippen molar-refractivity contribution >= 4 is 29.0 Å². The highest BCUT2D eigenvalue weighted by Gasteiger charge is 2.16. The Morgan fingerprint density at radius 1 is 0.941 bits per heavy atom. The van der Waals surface area contributed by atoms with Crippen molar-refractivity contribution in [2.45, 2.75) is 25.5 Å². The highest BCUT2D eigenvalue weighted by molar-refractivity contribution is 7.99. The lowest BCUT2D eigenvalue weighted by Gasteiger charge is -2.12. The molecule has 1 aromatic heterocycles. The largest absolute Gasteiger partial charge is 0.494 e. The second-order valence-electron chi connectivity index (χ2n) is 7.58. The maximum atomic E-state index is 12.5. The molecule has 4 aromatic rings. The Morgan fingerprint density at radius 3 is 2.38 bits per heavy atom. The van der Waals surface area contributed by atoms with E-state index in [-0.39, 0.29) is 11.7 Å². The van der Waals surface area contributed by atoms with Crippen LogP contribution in [0.3, 0.4) is 0 Å². The highest BCUT2D eigenvalue weighted by atomic mass is 32.2. The SMILES string of the molecule is CCOc1ccc(NCc2nnc(SCC(=O)Nc3ccccc3)n2-c2ccc(C)cc2)cc1. The fourth-order valence-electron chi connectivity index (χ4n) is 3.33. The number of benzene rings is 3. The first-order valence-corrected chi connectivity index (χ1v) is 12.1. The van der Waals surface area contributed by atoms with Crippen LogP contribution >= 0.6 is 11.8 Å². The molecule has 4 rings (SSSR count). The monoisotopic (exact) mass is 473 g/mol. The molecule has 174 valence electrons. The van der Waals surface area contributed by atoms with E-state index in [4.69, 9.17) is 4.74 Å². The van der Waals surface area contributed by atoms with Crippen LogP contribution < -0.4 is 15.4 Å². The molecule has 0 aliphatic carbocycles. The number of aromatic nitrogens is 3. The second kappa shape index (κ2) is 11.4. The first kappa shape index (κ1) is 23.4. The van der Waals surface area contributed by atoms with Gasteiger partial charge in [-0.1, -0.05) is 47.7 Å². The van der Waals surface area contributed by atoms with E-state index in [1.54, 1.807) is 0 Å². The Kier molecular flexibility index (Phi) is 7.83. The van der Waals surface area contributed by atoms with Gasteiger partial charge in [0.05, 0.1) is 18.9 Å². The standard InChI is InChI=1S/C26H27N5O2S/c1-3-33-23-15-11-20(12-16-23)27-17-24-29-30-26(31(24)22-13-9-19(2)10-14-22)34-18-25(32)28-21-7-5-4-6-8-21/h4-16,27H,3,17-18H2,1-2H3,(H,28,32). The van der Waals surface area contributed by atoms with E-state index < -0.39 is 0 Å². The summed E-state index contributed by atoms with van der Waals surface area (Å²) in [6.45, 7) is 5.13. The van der Waals surface area contributed by atoms with Gasteiger partial charge in [0.2, 0.25) is 5.91 Å². The molecule has 8 heteroatoms. The maximum Gasteiger partial charge on any atom is 0.234 e. The Bertz CT molecular complexity index is 1210. The number of para-hydroxylation sites is 1. The lowest BCUT2D eigenvalue weighted by Crippen LogP contribution is -2.14. The number of ether oxygens (including phenoxy) is 1. The van der Waals surface area contributed by atoms with Gasteiger partial charge in [0.15, 0.2) is 11.0 Å². The molecule has 0 atom stereocenters. The molecule has 0 radical (unpaired) electrons. The van der Waals surface area contributed by atoms with Crippen molar-refractivity contribution in [1.29, 1.82) is 0 Å². The summed E-state index contributed by atoms with van der Waals surface area (Å²) < 4.78 is 7.50. The molecule has 0 aliphatic heterocycles. The molecule has 0 saturated heterocycles. The summed E-state index contributed by atoms with van der Waals surface area (Å²) in [5, 5.41) is 15.8. The Balaban J connectivity index is 1.49. The third kappa shape index (κ3) is 6.17. The van der Waals surface area contributed by atoms with Crippen molar-refractivity contribution in [2.24, 2.45) is 0 Å². The topological polar surface area (TPSA) is 81.1 Å². The number of rotatable bonds is 10. The van der Waals surface area contributed by atoms with Gasteiger partial charge in [-0.2, -0.15) is 0 Å². The summed E-state index contributed by atoms with van der Waals surface area (Å²) in [6.07, 6.45) is 0. The summed E-state index contributed by atoms with van der Waals surface area (Å²) in [7, 11) is 0. The number of nitrogens with zero attached hydrogens (tertiary/aromatic N) is 3. The third-order valence-electron chi connectivity index (χ3n) is 5.00. The number of hydrogen-bond donors (Lipinski definition) is 2. The van der Waals surface area contributed by atoms with Gasteiger partial charge in [-0.25, -0.2) is 0 Å². The van der Waals surface area contributed by atoms with Gasteiger partial charge in [0, 0.05) is 17.1 Å². The molecule has 3 aromatic carbocycles. The highest BCUT2D eigenvalue weighted by Crippen LogP contribution is 2.24. The van der Waals surface area contributed by atoms with E-state index in [2.05, 4.69) is 33.0 Å². The molecule has 0 aliphatic rings. The van der Waals surface area contributed by atoms with Gasteiger partial charge < -0.3 is 15.4 Å². The van der Waals surface area contributed by atoms with Crippen LogP contribution in [0.25, 0.3) is 5.69 Å². The van der Waals surface area contributed by atoms with Crippen LogP contribution in [-0.4, -0.2) is 33.0 Å². The third-order valence-corrected chi connectivity index (χ3v) is 5.93. The van der Waals surface area contributed by atoms with E-state index in [1.807, 2.05) is 85.1 Å². The van der Waals surface area contributed by atoms with Crippen LogP contribution in [-0.2, 0) is 11.3 Å². The second-order valence-corrected chi connectivity index (χ2v) is 8.53. The van der Waals surface area contributed by atoms with Crippen molar-refractivity contribution in [1.82, 2.24) is 14.8 Å². The number of carbonyl (C=O) groups is 1. The quantitative estimate of drug-likeness (QED) is 0.304. The van der Waals surface area contributed by atoms with Crippen molar-refractivity contribution in [2.75, 3.05) is 23.0 Å². The van der Waals surface area contributed by atoms with Crippen LogP contribution in [0, 0.1) is 6.92 Å². The van der Waals surface area contributed by atoms with Crippen molar-refractivity contribution < 1.29 is 9.53 Å². The number of aryl methyl sites for hydroxylation is 1.